The second kappa shape index (κ2) is 7.52. The highest BCUT2D eigenvalue weighted by Gasteiger charge is 2.09. The van der Waals surface area contributed by atoms with E-state index < -0.39 is 0 Å². The summed E-state index contributed by atoms with van der Waals surface area (Å²) in [5.74, 6) is 1.37. The van der Waals surface area contributed by atoms with Gasteiger partial charge in [0.25, 0.3) is 0 Å². The summed E-state index contributed by atoms with van der Waals surface area (Å²) in [6.45, 7) is 3.68. The zero-order chi connectivity index (χ0) is 14.4. The molecule has 0 bridgehead atoms. The van der Waals surface area contributed by atoms with Gasteiger partial charge in [0, 0.05) is 13.0 Å². The fourth-order valence-electron chi connectivity index (χ4n) is 1.88. The van der Waals surface area contributed by atoms with Gasteiger partial charge in [0.05, 0.1) is 11.0 Å². The molecule has 0 aliphatic heterocycles. The number of hydrogen-bond donors (Lipinski definition) is 1. The zero-order valence-corrected chi connectivity index (χ0v) is 12.8. The van der Waals surface area contributed by atoms with Crippen LogP contribution in [0.2, 0.25) is 0 Å². The van der Waals surface area contributed by atoms with Crippen LogP contribution in [-0.2, 0) is 6.42 Å². The Labute approximate surface area is 123 Å². The smallest absolute Gasteiger partial charge is 0.227 e. The van der Waals surface area contributed by atoms with Gasteiger partial charge in [-0.15, -0.1) is 11.3 Å². The lowest BCUT2D eigenvalue weighted by Crippen LogP contribution is -2.23. The number of aryl methyl sites for hydroxylation is 1. The van der Waals surface area contributed by atoms with Gasteiger partial charge in [-0.25, -0.2) is 0 Å². The van der Waals surface area contributed by atoms with Crippen molar-refractivity contribution in [3.63, 3.8) is 0 Å². The molecule has 0 saturated heterocycles. The summed E-state index contributed by atoms with van der Waals surface area (Å²) in [6, 6.07) is 3.97. The Balaban J connectivity index is 1.72. The minimum absolute atomic E-state index is 0.234. The van der Waals surface area contributed by atoms with Gasteiger partial charge in [0.15, 0.2) is 0 Å². The van der Waals surface area contributed by atoms with Crippen LogP contribution in [0.3, 0.4) is 0 Å². The van der Waals surface area contributed by atoms with E-state index in [4.69, 9.17) is 4.52 Å². The average molecular weight is 295 g/mol. The molecule has 5 nitrogen and oxygen atoms in total. The highest BCUT2D eigenvalue weighted by Crippen LogP contribution is 2.21. The molecule has 0 aliphatic carbocycles. The Bertz CT molecular complexity index is 496. The summed E-state index contributed by atoms with van der Waals surface area (Å²) in [6.07, 6.45) is 2.33. The molecule has 2 rings (SSSR count). The maximum atomic E-state index is 9.24. The third-order valence-corrected chi connectivity index (χ3v) is 3.93. The first-order valence-corrected chi connectivity index (χ1v) is 7.76. The van der Waals surface area contributed by atoms with Crippen LogP contribution >= 0.6 is 11.3 Å². The third kappa shape index (κ3) is 4.70. The van der Waals surface area contributed by atoms with Crippen LogP contribution in [0.1, 0.15) is 25.7 Å². The second-order valence-corrected chi connectivity index (χ2v) is 5.98. The van der Waals surface area contributed by atoms with Crippen LogP contribution in [0.15, 0.2) is 22.0 Å². The summed E-state index contributed by atoms with van der Waals surface area (Å²) in [4.78, 5) is 7.65. The first-order chi connectivity index (χ1) is 9.65. The number of aromatic nitrogens is 2. The molecule has 1 unspecified atom stereocenters. The molecule has 1 N–H and O–H groups in total. The van der Waals surface area contributed by atoms with Crippen molar-refractivity contribution in [3.05, 3.63) is 23.4 Å². The summed E-state index contributed by atoms with van der Waals surface area (Å²) >= 11 is 1.61. The SMILES string of the molecule is CC(O)CCN(C)CCCc1nc(-c2cccs2)no1. The van der Waals surface area contributed by atoms with E-state index in [9.17, 15) is 5.11 Å². The van der Waals surface area contributed by atoms with Gasteiger partial charge in [0.1, 0.15) is 0 Å². The lowest BCUT2D eigenvalue weighted by Gasteiger charge is -2.16. The Morgan fingerprint density at radius 3 is 3.00 bits per heavy atom. The third-order valence-electron chi connectivity index (χ3n) is 3.07. The maximum absolute atomic E-state index is 9.24. The topological polar surface area (TPSA) is 62.4 Å². The fraction of sp³-hybridized carbons (Fsp3) is 0.571. The standard InChI is InChI=1S/C14H21N3O2S/c1-11(18)7-9-17(2)8-3-6-13-15-14(16-19-13)12-5-4-10-20-12/h4-5,10-11,18H,3,6-9H2,1-2H3. The Morgan fingerprint density at radius 2 is 2.30 bits per heavy atom. The molecular weight excluding hydrogens is 274 g/mol. The van der Waals surface area contributed by atoms with E-state index in [1.54, 1.807) is 11.3 Å². The molecular formula is C14H21N3O2S. The van der Waals surface area contributed by atoms with E-state index in [-0.39, 0.29) is 6.10 Å². The number of nitrogens with zero attached hydrogens (tertiary/aromatic N) is 3. The monoisotopic (exact) mass is 295 g/mol. The molecule has 2 aromatic heterocycles. The molecule has 1 atom stereocenters. The number of rotatable bonds is 8. The van der Waals surface area contributed by atoms with Crippen molar-refractivity contribution in [3.8, 4) is 10.7 Å². The van der Waals surface area contributed by atoms with E-state index in [0.717, 1.165) is 37.2 Å². The van der Waals surface area contributed by atoms with Crippen LogP contribution in [0.25, 0.3) is 10.7 Å². The van der Waals surface area contributed by atoms with Crippen LogP contribution in [-0.4, -0.2) is 46.4 Å². The Kier molecular flexibility index (Phi) is 5.70. The summed E-state index contributed by atoms with van der Waals surface area (Å²) in [5.41, 5.74) is 0. The number of thiophene rings is 1. The molecule has 20 heavy (non-hydrogen) atoms. The predicted octanol–water partition coefficient (Wildman–Crippen LogP) is 2.43. The van der Waals surface area contributed by atoms with Crippen molar-refractivity contribution in [1.82, 2.24) is 15.0 Å². The van der Waals surface area contributed by atoms with Crippen molar-refractivity contribution in [2.45, 2.75) is 32.3 Å². The highest BCUT2D eigenvalue weighted by molar-refractivity contribution is 7.13. The van der Waals surface area contributed by atoms with Gasteiger partial charge in [-0.3, -0.25) is 0 Å². The van der Waals surface area contributed by atoms with Crippen LogP contribution in [0.5, 0.6) is 0 Å². The molecule has 0 aliphatic rings. The van der Waals surface area contributed by atoms with Crippen LogP contribution in [0, 0.1) is 0 Å². The number of aliphatic hydroxyl groups excluding tert-OH is 1. The number of aliphatic hydroxyl groups is 1. The lowest BCUT2D eigenvalue weighted by atomic mass is 10.2. The molecule has 6 heteroatoms. The minimum Gasteiger partial charge on any atom is -0.393 e. The summed E-state index contributed by atoms with van der Waals surface area (Å²) < 4.78 is 5.26. The van der Waals surface area contributed by atoms with Gasteiger partial charge in [-0.05, 0) is 44.8 Å². The minimum atomic E-state index is -0.234. The first-order valence-electron chi connectivity index (χ1n) is 6.88. The predicted molar refractivity (Wildman–Crippen MR) is 79.7 cm³/mol. The largest absolute Gasteiger partial charge is 0.393 e. The van der Waals surface area contributed by atoms with Gasteiger partial charge < -0.3 is 14.5 Å². The Morgan fingerprint density at radius 1 is 1.45 bits per heavy atom. The van der Waals surface area contributed by atoms with Crippen molar-refractivity contribution in [2.75, 3.05) is 20.1 Å². The zero-order valence-electron chi connectivity index (χ0n) is 12.0. The first kappa shape index (κ1) is 15.2. The molecule has 0 spiro atoms. The van der Waals surface area contributed by atoms with Crippen molar-refractivity contribution >= 4 is 11.3 Å². The van der Waals surface area contributed by atoms with E-state index >= 15 is 0 Å². The van der Waals surface area contributed by atoms with Crippen molar-refractivity contribution in [2.24, 2.45) is 0 Å². The number of hydrogen-bond acceptors (Lipinski definition) is 6. The summed E-state index contributed by atoms with van der Waals surface area (Å²) in [7, 11) is 2.06. The quantitative estimate of drug-likeness (QED) is 0.810. The van der Waals surface area contributed by atoms with Gasteiger partial charge >= 0.3 is 0 Å². The average Bonchev–Trinajstić information content (AvgIpc) is 3.06. The van der Waals surface area contributed by atoms with Crippen LogP contribution in [0.4, 0.5) is 0 Å². The van der Waals surface area contributed by atoms with Gasteiger partial charge in [0.2, 0.25) is 11.7 Å². The second-order valence-electron chi connectivity index (χ2n) is 5.03. The molecule has 2 aromatic rings. The molecule has 0 aromatic carbocycles. The van der Waals surface area contributed by atoms with Crippen molar-refractivity contribution in [1.29, 1.82) is 0 Å². The molecule has 0 amide bonds. The van der Waals surface area contributed by atoms with E-state index in [2.05, 4.69) is 22.1 Å². The fourth-order valence-corrected chi connectivity index (χ4v) is 2.53. The van der Waals surface area contributed by atoms with Gasteiger partial charge in [-0.2, -0.15) is 4.98 Å². The Hall–Kier alpha value is -1.24. The van der Waals surface area contributed by atoms with E-state index in [0.29, 0.717) is 11.7 Å². The molecule has 2 heterocycles. The van der Waals surface area contributed by atoms with Gasteiger partial charge in [-0.1, -0.05) is 11.2 Å². The molecule has 0 saturated carbocycles. The van der Waals surface area contributed by atoms with E-state index in [1.807, 2.05) is 24.4 Å². The maximum Gasteiger partial charge on any atom is 0.227 e. The van der Waals surface area contributed by atoms with E-state index in [1.165, 1.54) is 0 Å². The molecule has 110 valence electrons. The highest BCUT2D eigenvalue weighted by atomic mass is 32.1. The normalized spacial score (nSPS) is 13.0. The molecule has 0 fully saturated rings. The van der Waals surface area contributed by atoms with Crippen LogP contribution < -0.4 is 0 Å². The summed E-state index contributed by atoms with van der Waals surface area (Å²) in [5, 5.41) is 15.2. The lowest BCUT2D eigenvalue weighted by molar-refractivity contribution is 0.164. The molecule has 0 radical (unpaired) electrons. The van der Waals surface area contributed by atoms with Crippen molar-refractivity contribution < 1.29 is 9.63 Å².